The highest BCUT2D eigenvalue weighted by molar-refractivity contribution is 14.0. The summed E-state index contributed by atoms with van der Waals surface area (Å²) in [6, 6.07) is 8.16. The first-order chi connectivity index (χ1) is 10.7. The lowest BCUT2D eigenvalue weighted by Gasteiger charge is -2.25. The smallest absolute Gasteiger partial charge is 0.193 e. The van der Waals surface area contributed by atoms with Crippen LogP contribution >= 0.6 is 24.0 Å². The van der Waals surface area contributed by atoms with Crippen molar-refractivity contribution in [3.8, 4) is 5.75 Å². The molecule has 0 heterocycles. The Labute approximate surface area is 156 Å². The minimum Gasteiger partial charge on any atom is -0.496 e. The van der Waals surface area contributed by atoms with Crippen molar-refractivity contribution in [1.29, 1.82) is 0 Å². The van der Waals surface area contributed by atoms with Crippen LogP contribution in [0.15, 0.2) is 29.3 Å². The van der Waals surface area contributed by atoms with Crippen LogP contribution in [0.4, 0.5) is 0 Å². The van der Waals surface area contributed by atoms with E-state index in [1.807, 2.05) is 25.2 Å². The van der Waals surface area contributed by atoms with Gasteiger partial charge < -0.3 is 15.0 Å². The topological polar surface area (TPSA) is 36.9 Å². The number of nitrogens with one attached hydrogen (secondary N) is 1. The summed E-state index contributed by atoms with van der Waals surface area (Å²) in [5, 5.41) is 3.59. The number of ether oxygens (including phenoxy) is 1. The fourth-order valence-electron chi connectivity index (χ4n) is 3.39. The normalized spacial score (nSPS) is 18.8. The molecule has 0 spiro atoms. The number of aliphatic imine (C=N–C) groups is 1. The van der Waals surface area contributed by atoms with Crippen molar-refractivity contribution in [2.75, 3.05) is 27.7 Å². The van der Waals surface area contributed by atoms with Gasteiger partial charge in [-0.3, -0.25) is 4.99 Å². The number of hydrogen-bond acceptors (Lipinski definition) is 2. The number of hydrogen-bond donors (Lipinski definition) is 1. The van der Waals surface area contributed by atoms with Gasteiger partial charge in [-0.2, -0.15) is 0 Å². The molecule has 0 aliphatic heterocycles. The van der Waals surface area contributed by atoms with Gasteiger partial charge in [-0.25, -0.2) is 0 Å². The maximum atomic E-state index is 5.44. The summed E-state index contributed by atoms with van der Waals surface area (Å²) < 4.78 is 5.44. The van der Waals surface area contributed by atoms with Gasteiger partial charge in [0.2, 0.25) is 0 Å². The lowest BCUT2D eigenvalue weighted by Crippen LogP contribution is -2.41. The highest BCUT2D eigenvalue weighted by atomic mass is 127. The Balaban J connectivity index is 0.00000192. The zero-order chi connectivity index (χ0) is 15.6. The predicted octanol–water partition coefficient (Wildman–Crippen LogP) is 3.51. The lowest BCUT2D eigenvalue weighted by molar-refractivity contribution is 0.389. The van der Waals surface area contributed by atoms with Gasteiger partial charge in [0.1, 0.15) is 5.75 Å². The Bertz CT molecular complexity index is 553. The Morgan fingerprint density at radius 1 is 1.35 bits per heavy atom. The Morgan fingerprint density at radius 2 is 2.04 bits per heavy atom. The second-order valence-corrected chi connectivity index (χ2v) is 6.71. The molecular formula is C18H28IN3O. The first-order valence-corrected chi connectivity index (χ1v) is 8.22. The number of rotatable bonds is 6. The van der Waals surface area contributed by atoms with Crippen molar-refractivity contribution >= 4 is 29.9 Å². The number of para-hydroxylation sites is 1. The van der Waals surface area contributed by atoms with Gasteiger partial charge in [-0.15, -0.1) is 24.0 Å². The van der Waals surface area contributed by atoms with E-state index < -0.39 is 0 Å². The minimum absolute atomic E-state index is 0. The first-order valence-electron chi connectivity index (χ1n) is 8.22. The summed E-state index contributed by atoms with van der Waals surface area (Å²) in [4.78, 5) is 6.61. The molecule has 0 aromatic heterocycles. The SMILES string of the molecule is CN=C(NCC1(C2CC2)CC1)N(C)Cc1ccccc1OC.I. The van der Waals surface area contributed by atoms with Gasteiger partial charge >= 0.3 is 0 Å². The average molecular weight is 429 g/mol. The predicted molar refractivity (Wildman–Crippen MR) is 106 cm³/mol. The maximum Gasteiger partial charge on any atom is 0.193 e. The highest BCUT2D eigenvalue weighted by Crippen LogP contribution is 2.60. The van der Waals surface area contributed by atoms with Gasteiger partial charge in [-0.1, -0.05) is 18.2 Å². The highest BCUT2D eigenvalue weighted by Gasteiger charge is 2.53. The minimum atomic E-state index is 0. The third-order valence-corrected chi connectivity index (χ3v) is 5.11. The molecule has 4 nitrogen and oxygen atoms in total. The number of guanidine groups is 1. The van der Waals surface area contributed by atoms with Crippen molar-refractivity contribution in [3.63, 3.8) is 0 Å². The molecule has 1 aromatic rings. The van der Waals surface area contributed by atoms with E-state index in [0.717, 1.165) is 30.7 Å². The molecule has 0 unspecified atom stereocenters. The van der Waals surface area contributed by atoms with E-state index in [-0.39, 0.29) is 24.0 Å². The van der Waals surface area contributed by atoms with E-state index in [1.54, 1.807) is 7.11 Å². The van der Waals surface area contributed by atoms with E-state index in [0.29, 0.717) is 5.41 Å². The van der Waals surface area contributed by atoms with Crippen LogP contribution in [0.2, 0.25) is 0 Å². The molecular weight excluding hydrogens is 401 g/mol. The fourth-order valence-corrected chi connectivity index (χ4v) is 3.39. The maximum absolute atomic E-state index is 5.44. The Kier molecular flexibility index (Phi) is 6.17. The van der Waals surface area contributed by atoms with Gasteiger partial charge in [0, 0.05) is 32.7 Å². The molecule has 2 fully saturated rings. The van der Waals surface area contributed by atoms with Crippen LogP contribution in [-0.4, -0.2) is 38.6 Å². The van der Waals surface area contributed by atoms with Crippen LogP contribution in [0.5, 0.6) is 5.75 Å². The quantitative estimate of drug-likeness (QED) is 0.427. The van der Waals surface area contributed by atoms with Crippen molar-refractivity contribution in [2.45, 2.75) is 32.2 Å². The monoisotopic (exact) mass is 429 g/mol. The van der Waals surface area contributed by atoms with Gasteiger partial charge in [0.05, 0.1) is 7.11 Å². The van der Waals surface area contributed by atoms with E-state index in [4.69, 9.17) is 4.74 Å². The standard InChI is InChI=1S/C18H27N3O.HI/c1-19-17(20-13-18(10-11-18)15-8-9-15)21(2)12-14-6-4-5-7-16(14)22-3;/h4-7,15H,8-13H2,1-3H3,(H,19,20);1H. The lowest BCUT2D eigenvalue weighted by atomic mass is 10.0. The van der Waals surface area contributed by atoms with Crippen LogP contribution < -0.4 is 10.1 Å². The second kappa shape index (κ2) is 7.73. The largest absolute Gasteiger partial charge is 0.496 e. The van der Waals surface area contributed by atoms with E-state index in [1.165, 1.54) is 31.2 Å². The number of methoxy groups -OCH3 is 1. The van der Waals surface area contributed by atoms with E-state index >= 15 is 0 Å². The average Bonchev–Trinajstić information content (AvgIpc) is 3.40. The van der Waals surface area contributed by atoms with Crippen molar-refractivity contribution < 1.29 is 4.74 Å². The van der Waals surface area contributed by atoms with Gasteiger partial charge in [-0.05, 0) is 43.1 Å². The Hall–Kier alpha value is -0.980. The second-order valence-electron chi connectivity index (χ2n) is 6.71. The molecule has 128 valence electrons. The van der Waals surface area contributed by atoms with Gasteiger partial charge in [0.15, 0.2) is 5.96 Å². The molecule has 2 aliphatic rings. The van der Waals surface area contributed by atoms with Crippen molar-refractivity contribution in [2.24, 2.45) is 16.3 Å². The summed E-state index contributed by atoms with van der Waals surface area (Å²) in [7, 11) is 5.66. The number of benzene rings is 1. The van der Waals surface area contributed by atoms with Gasteiger partial charge in [0.25, 0.3) is 0 Å². The van der Waals surface area contributed by atoms with Crippen LogP contribution in [0, 0.1) is 11.3 Å². The van der Waals surface area contributed by atoms with Crippen LogP contribution in [0.1, 0.15) is 31.2 Å². The first kappa shape index (κ1) is 18.4. The third-order valence-electron chi connectivity index (χ3n) is 5.11. The molecule has 1 N–H and O–H groups in total. The summed E-state index contributed by atoms with van der Waals surface area (Å²) in [5.41, 5.74) is 1.76. The van der Waals surface area contributed by atoms with E-state index in [9.17, 15) is 0 Å². The van der Waals surface area contributed by atoms with Crippen molar-refractivity contribution in [1.82, 2.24) is 10.2 Å². The van der Waals surface area contributed by atoms with Crippen LogP contribution in [0.3, 0.4) is 0 Å². The zero-order valence-electron chi connectivity index (χ0n) is 14.3. The molecule has 0 radical (unpaired) electrons. The van der Waals surface area contributed by atoms with E-state index in [2.05, 4.69) is 28.3 Å². The van der Waals surface area contributed by atoms with Crippen molar-refractivity contribution in [3.05, 3.63) is 29.8 Å². The number of nitrogens with zero attached hydrogens (tertiary/aromatic N) is 2. The molecule has 0 saturated heterocycles. The molecule has 5 heteroatoms. The van der Waals surface area contributed by atoms with Crippen LogP contribution in [0.25, 0.3) is 0 Å². The Morgan fingerprint density at radius 3 is 2.61 bits per heavy atom. The molecule has 2 saturated carbocycles. The molecule has 3 rings (SSSR count). The summed E-state index contributed by atoms with van der Waals surface area (Å²) in [6.45, 7) is 1.86. The molecule has 1 aromatic carbocycles. The zero-order valence-corrected chi connectivity index (χ0v) is 16.7. The summed E-state index contributed by atoms with van der Waals surface area (Å²) in [6.07, 6.45) is 5.63. The molecule has 2 aliphatic carbocycles. The molecule has 0 atom stereocenters. The molecule has 0 amide bonds. The summed E-state index contributed by atoms with van der Waals surface area (Å²) in [5.74, 6) is 2.87. The molecule has 23 heavy (non-hydrogen) atoms. The summed E-state index contributed by atoms with van der Waals surface area (Å²) >= 11 is 0. The molecule has 0 bridgehead atoms. The number of halogens is 1. The third kappa shape index (κ3) is 4.31. The fraction of sp³-hybridized carbons (Fsp3) is 0.611. The van der Waals surface area contributed by atoms with Crippen LogP contribution in [-0.2, 0) is 6.54 Å².